The van der Waals surface area contributed by atoms with Gasteiger partial charge in [-0.1, -0.05) is 36.6 Å². The lowest BCUT2D eigenvalue weighted by Crippen LogP contribution is -2.33. The van der Waals surface area contributed by atoms with Crippen molar-refractivity contribution in [3.63, 3.8) is 0 Å². The molecule has 2 aliphatic carbocycles. The Kier molecular flexibility index (Phi) is 2.81. The van der Waals surface area contributed by atoms with Crippen molar-refractivity contribution in [1.82, 2.24) is 0 Å². The van der Waals surface area contributed by atoms with Gasteiger partial charge in [0.1, 0.15) is 5.78 Å². The molecule has 0 amide bonds. The minimum absolute atomic E-state index is 0.200. The lowest BCUT2D eigenvalue weighted by Gasteiger charge is -2.35. The smallest absolute Gasteiger partial charge is 0.139 e. The summed E-state index contributed by atoms with van der Waals surface area (Å²) in [6.45, 7) is 8.64. The maximum atomic E-state index is 12.2. The minimum atomic E-state index is -0.200. The molecule has 1 atom stereocenters. The van der Waals surface area contributed by atoms with Gasteiger partial charge in [-0.05, 0) is 33.1 Å². The van der Waals surface area contributed by atoms with E-state index >= 15 is 0 Å². The maximum absolute atomic E-state index is 12.2. The molecule has 1 heteroatoms. The van der Waals surface area contributed by atoms with Gasteiger partial charge in [0.05, 0.1) is 0 Å². The van der Waals surface area contributed by atoms with E-state index in [1.165, 1.54) is 17.6 Å². The highest BCUT2D eigenvalue weighted by atomic mass is 16.1. The Labute approximate surface area is 98.6 Å². The molecule has 16 heavy (non-hydrogen) atoms. The third-order valence-corrected chi connectivity index (χ3v) is 4.39. The number of fused-ring (bicyclic) bond motifs is 1. The Morgan fingerprint density at radius 3 is 2.50 bits per heavy atom. The molecule has 2 aliphatic rings. The zero-order chi connectivity index (χ0) is 11.9. The minimum Gasteiger partial charge on any atom is -0.299 e. The van der Waals surface area contributed by atoms with Gasteiger partial charge in [0, 0.05) is 17.8 Å². The molecular weight excluding hydrogens is 196 g/mol. The molecule has 88 valence electrons. The molecule has 0 saturated heterocycles. The summed E-state index contributed by atoms with van der Waals surface area (Å²) < 4.78 is 0. The molecule has 2 rings (SSSR count). The van der Waals surface area contributed by atoms with Crippen molar-refractivity contribution in [3.8, 4) is 0 Å². The monoisotopic (exact) mass is 218 g/mol. The van der Waals surface area contributed by atoms with Crippen molar-refractivity contribution in [1.29, 1.82) is 0 Å². The summed E-state index contributed by atoms with van der Waals surface area (Å²) in [7, 11) is 0. The molecule has 0 saturated carbocycles. The summed E-state index contributed by atoms with van der Waals surface area (Å²) in [5, 5.41) is 0. The van der Waals surface area contributed by atoms with Crippen LogP contribution in [0.4, 0.5) is 0 Å². The molecule has 0 spiro atoms. The van der Waals surface area contributed by atoms with E-state index in [1.54, 1.807) is 5.57 Å². The Morgan fingerprint density at radius 1 is 1.12 bits per heavy atom. The number of allylic oxidation sites excluding steroid dienone is 4. The van der Waals surface area contributed by atoms with E-state index in [9.17, 15) is 4.79 Å². The van der Waals surface area contributed by atoms with Crippen molar-refractivity contribution in [2.45, 2.75) is 53.4 Å². The average Bonchev–Trinajstić information content (AvgIpc) is 2.31. The molecule has 1 nitrogen and oxygen atoms in total. The van der Waals surface area contributed by atoms with E-state index in [0.29, 0.717) is 11.7 Å². The first-order valence-electron chi connectivity index (χ1n) is 6.32. The normalized spacial score (nSPS) is 29.6. The quantitative estimate of drug-likeness (QED) is 0.561. The van der Waals surface area contributed by atoms with Gasteiger partial charge in [0.15, 0.2) is 0 Å². The highest BCUT2D eigenvalue weighted by Gasteiger charge is 2.40. The average molecular weight is 218 g/mol. The first-order chi connectivity index (χ1) is 7.43. The zero-order valence-corrected chi connectivity index (χ0v) is 10.9. The van der Waals surface area contributed by atoms with Gasteiger partial charge in [-0.25, -0.2) is 0 Å². The van der Waals surface area contributed by atoms with Crippen LogP contribution in [0.25, 0.3) is 0 Å². The predicted molar refractivity (Wildman–Crippen MR) is 67.2 cm³/mol. The summed E-state index contributed by atoms with van der Waals surface area (Å²) >= 11 is 0. The van der Waals surface area contributed by atoms with Crippen molar-refractivity contribution < 1.29 is 4.79 Å². The molecule has 0 fully saturated rings. The second-order valence-corrected chi connectivity index (χ2v) is 5.94. The van der Waals surface area contributed by atoms with Crippen molar-refractivity contribution in [2.24, 2.45) is 11.3 Å². The SMILES string of the molecule is CC1=C[C@H]2C(=C(C)CCC(=O)C2(C)C)CC1. The Morgan fingerprint density at radius 2 is 1.81 bits per heavy atom. The molecule has 0 N–H and O–H groups in total. The van der Waals surface area contributed by atoms with Gasteiger partial charge in [0.2, 0.25) is 0 Å². The van der Waals surface area contributed by atoms with Crippen LogP contribution in [0.5, 0.6) is 0 Å². The fourth-order valence-corrected chi connectivity index (χ4v) is 3.04. The molecule has 0 unspecified atom stereocenters. The van der Waals surface area contributed by atoms with Gasteiger partial charge in [-0.3, -0.25) is 4.79 Å². The zero-order valence-electron chi connectivity index (χ0n) is 10.9. The first-order valence-corrected chi connectivity index (χ1v) is 6.32. The number of Topliss-reactive ketones (excluding diaryl/α,β-unsaturated/α-hetero) is 1. The molecule has 0 aromatic heterocycles. The number of carbonyl (C=O) groups is 1. The Balaban J connectivity index is 2.51. The number of carbonyl (C=O) groups excluding carboxylic acids is 1. The number of hydrogen-bond acceptors (Lipinski definition) is 1. The van der Waals surface area contributed by atoms with Crippen LogP contribution in [-0.4, -0.2) is 5.78 Å². The van der Waals surface area contributed by atoms with E-state index in [-0.39, 0.29) is 5.41 Å². The summed E-state index contributed by atoms with van der Waals surface area (Å²) in [6.07, 6.45) is 6.38. The Bertz CT molecular complexity index is 382. The van der Waals surface area contributed by atoms with Crippen LogP contribution in [0, 0.1) is 11.3 Å². The molecule has 0 aliphatic heterocycles. The van der Waals surface area contributed by atoms with E-state index < -0.39 is 0 Å². The molecule has 0 aromatic rings. The topological polar surface area (TPSA) is 17.1 Å². The van der Waals surface area contributed by atoms with Crippen molar-refractivity contribution in [3.05, 3.63) is 22.8 Å². The largest absolute Gasteiger partial charge is 0.299 e. The number of ketones is 1. The van der Waals surface area contributed by atoms with Crippen LogP contribution in [0.2, 0.25) is 0 Å². The van der Waals surface area contributed by atoms with Gasteiger partial charge < -0.3 is 0 Å². The van der Waals surface area contributed by atoms with Crippen LogP contribution in [0.1, 0.15) is 53.4 Å². The van der Waals surface area contributed by atoms with Crippen molar-refractivity contribution in [2.75, 3.05) is 0 Å². The molecule has 0 aromatic carbocycles. The Hall–Kier alpha value is -0.850. The third-order valence-electron chi connectivity index (χ3n) is 4.39. The number of hydrogen-bond donors (Lipinski definition) is 0. The lowest BCUT2D eigenvalue weighted by atomic mass is 9.68. The highest BCUT2D eigenvalue weighted by Crippen LogP contribution is 2.45. The fourth-order valence-electron chi connectivity index (χ4n) is 3.04. The van der Waals surface area contributed by atoms with E-state index in [4.69, 9.17) is 0 Å². The van der Waals surface area contributed by atoms with Crippen LogP contribution in [-0.2, 0) is 4.79 Å². The van der Waals surface area contributed by atoms with Crippen LogP contribution >= 0.6 is 0 Å². The van der Waals surface area contributed by atoms with Gasteiger partial charge in [0.25, 0.3) is 0 Å². The van der Waals surface area contributed by atoms with Crippen LogP contribution in [0.3, 0.4) is 0 Å². The summed E-state index contributed by atoms with van der Waals surface area (Å²) in [4.78, 5) is 12.2. The second kappa shape index (κ2) is 3.87. The summed E-state index contributed by atoms with van der Waals surface area (Å²) in [5.74, 6) is 0.786. The predicted octanol–water partition coefficient (Wildman–Crippen LogP) is 4.05. The fraction of sp³-hybridized carbons (Fsp3) is 0.667. The molecular formula is C15H22O. The van der Waals surface area contributed by atoms with E-state index in [2.05, 4.69) is 33.8 Å². The first kappa shape index (κ1) is 11.6. The van der Waals surface area contributed by atoms with E-state index in [0.717, 1.165) is 19.3 Å². The highest BCUT2D eigenvalue weighted by molar-refractivity contribution is 5.86. The molecule has 0 radical (unpaired) electrons. The maximum Gasteiger partial charge on any atom is 0.139 e. The van der Waals surface area contributed by atoms with Crippen LogP contribution in [0.15, 0.2) is 22.8 Å². The molecule has 0 bridgehead atoms. The van der Waals surface area contributed by atoms with Gasteiger partial charge in [-0.2, -0.15) is 0 Å². The lowest BCUT2D eigenvalue weighted by molar-refractivity contribution is -0.128. The summed E-state index contributed by atoms with van der Waals surface area (Å²) in [5.41, 5.74) is 4.26. The van der Waals surface area contributed by atoms with Crippen LogP contribution < -0.4 is 0 Å². The number of rotatable bonds is 0. The van der Waals surface area contributed by atoms with Gasteiger partial charge >= 0.3 is 0 Å². The third kappa shape index (κ3) is 1.77. The molecule has 0 heterocycles. The standard InChI is InChI=1S/C15H22O/c1-10-5-7-12-11(2)6-8-14(16)15(3,4)13(12)9-10/h9,13H,5-8H2,1-4H3/t13-/m0/s1. The van der Waals surface area contributed by atoms with Crippen molar-refractivity contribution >= 4 is 5.78 Å². The second-order valence-electron chi connectivity index (χ2n) is 5.94. The van der Waals surface area contributed by atoms with E-state index in [1.807, 2.05) is 0 Å². The van der Waals surface area contributed by atoms with Gasteiger partial charge in [-0.15, -0.1) is 0 Å². The summed E-state index contributed by atoms with van der Waals surface area (Å²) in [6, 6.07) is 0.